The van der Waals surface area contributed by atoms with E-state index in [2.05, 4.69) is 12.2 Å². The molecule has 0 radical (unpaired) electrons. The van der Waals surface area contributed by atoms with Gasteiger partial charge < -0.3 is 14.8 Å². The molecule has 140 valence electrons. The zero-order valence-corrected chi connectivity index (χ0v) is 16.6. The first-order valence-electron chi connectivity index (χ1n) is 8.66. The molecule has 26 heavy (non-hydrogen) atoms. The predicted molar refractivity (Wildman–Crippen MR) is 107 cm³/mol. The molecule has 0 aromatic heterocycles. The van der Waals surface area contributed by atoms with Crippen molar-refractivity contribution in [3.05, 3.63) is 40.3 Å². The molecule has 0 atom stereocenters. The van der Waals surface area contributed by atoms with E-state index in [0.717, 1.165) is 41.7 Å². The van der Waals surface area contributed by atoms with Gasteiger partial charge in [-0.15, -0.1) is 0 Å². The molecule has 5 nitrogen and oxygen atoms in total. The Balaban J connectivity index is 2.07. The van der Waals surface area contributed by atoms with Crippen molar-refractivity contribution < 1.29 is 19.1 Å². The van der Waals surface area contributed by atoms with Gasteiger partial charge >= 0.3 is 5.97 Å². The molecule has 1 heterocycles. The van der Waals surface area contributed by atoms with Crippen LogP contribution in [0, 0.1) is 0 Å². The smallest absolute Gasteiger partial charge is 0.344 e. The van der Waals surface area contributed by atoms with Crippen LogP contribution in [0.4, 0.5) is 0 Å². The second kappa shape index (κ2) is 10.3. The molecular formula is C19H23NO4S2. The van der Waals surface area contributed by atoms with Gasteiger partial charge in [0.15, 0.2) is 6.61 Å². The number of thioether (sulfide) groups is 1. The average Bonchev–Trinajstić information content (AvgIpc) is 2.96. The molecule has 1 aliphatic rings. The van der Waals surface area contributed by atoms with Crippen LogP contribution in [0.1, 0.15) is 38.7 Å². The second-order valence-electron chi connectivity index (χ2n) is 5.73. The van der Waals surface area contributed by atoms with Gasteiger partial charge in [0.05, 0.1) is 11.5 Å². The number of benzene rings is 1. The molecule has 7 heteroatoms. The number of nitrogens with one attached hydrogen (secondary N) is 1. The number of carbonyl (C=O) groups excluding carboxylic acids is 2. The van der Waals surface area contributed by atoms with Crippen LogP contribution in [-0.2, 0) is 20.7 Å². The average molecular weight is 394 g/mol. The van der Waals surface area contributed by atoms with Gasteiger partial charge in [0.1, 0.15) is 10.1 Å². The van der Waals surface area contributed by atoms with Gasteiger partial charge in [-0.1, -0.05) is 61.1 Å². The fourth-order valence-corrected chi connectivity index (χ4v) is 3.84. The minimum atomic E-state index is -0.386. The predicted octanol–water partition coefficient (Wildman–Crippen LogP) is 3.76. The Morgan fingerprint density at radius 3 is 2.65 bits per heavy atom. The van der Waals surface area contributed by atoms with Crippen LogP contribution < -0.4 is 10.1 Å². The van der Waals surface area contributed by atoms with E-state index in [4.69, 9.17) is 21.7 Å². The lowest BCUT2D eigenvalue weighted by Gasteiger charge is -2.13. The van der Waals surface area contributed by atoms with Crippen LogP contribution in [0.15, 0.2) is 34.7 Å². The highest BCUT2D eigenvalue weighted by molar-refractivity contribution is 8.26. The molecule has 1 amide bonds. The van der Waals surface area contributed by atoms with Gasteiger partial charge in [-0.05, 0) is 37.8 Å². The van der Waals surface area contributed by atoms with Crippen molar-refractivity contribution in [2.24, 2.45) is 0 Å². The van der Waals surface area contributed by atoms with Crippen molar-refractivity contribution in [3.63, 3.8) is 0 Å². The molecule has 1 fully saturated rings. The first-order valence-corrected chi connectivity index (χ1v) is 9.89. The highest BCUT2D eigenvalue weighted by Gasteiger charge is 2.25. The topological polar surface area (TPSA) is 64.6 Å². The van der Waals surface area contributed by atoms with E-state index in [-0.39, 0.29) is 18.5 Å². The maximum atomic E-state index is 12.1. The number of allylic oxidation sites excluding steroid dienone is 1. The Labute approximate surface area is 163 Å². The summed E-state index contributed by atoms with van der Waals surface area (Å²) >= 11 is 6.43. The van der Waals surface area contributed by atoms with E-state index in [1.54, 1.807) is 6.92 Å². The molecular weight excluding hydrogens is 370 g/mol. The summed E-state index contributed by atoms with van der Waals surface area (Å²) in [4.78, 5) is 24.3. The summed E-state index contributed by atoms with van der Waals surface area (Å²) < 4.78 is 11.0. The molecule has 1 N–H and O–H groups in total. The van der Waals surface area contributed by atoms with E-state index >= 15 is 0 Å². The van der Waals surface area contributed by atoms with Crippen molar-refractivity contribution in [3.8, 4) is 5.75 Å². The first kappa shape index (κ1) is 20.5. The van der Waals surface area contributed by atoms with Crippen LogP contribution in [0.3, 0.4) is 0 Å². The summed E-state index contributed by atoms with van der Waals surface area (Å²) in [6.45, 7) is 4.07. The summed E-state index contributed by atoms with van der Waals surface area (Å²) in [5.74, 6) is 0.180. The second-order valence-corrected chi connectivity index (χ2v) is 7.42. The number of carbonyl (C=O) groups is 2. The molecule has 1 aromatic rings. The molecule has 0 saturated carbocycles. The SMILES string of the molecule is CCC/C(CCc1ccccc1OCC(=O)OCC)=C1\SC(=S)NC1=O. The number of aryl methyl sites for hydroxylation is 1. The van der Waals surface area contributed by atoms with Crippen molar-refractivity contribution in [2.75, 3.05) is 13.2 Å². The van der Waals surface area contributed by atoms with E-state index < -0.39 is 0 Å². The molecule has 0 aliphatic carbocycles. The Hall–Kier alpha value is -1.86. The number of hydrogen-bond acceptors (Lipinski definition) is 6. The molecule has 1 aromatic carbocycles. The Morgan fingerprint density at radius 1 is 1.23 bits per heavy atom. The molecule has 1 aliphatic heterocycles. The van der Waals surface area contributed by atoms with Gasteiger partial charge in [-0.3, -0.25) is 4.79 Å². The third kappa shape index (κ3) is 5.85. The third-order valence-corrected chi connectivity index (χ3v) is 5.13. The maximum Gasteiger partial charge on any atom is 0.344 e. The summed E-state index contributed by atoms with van der Waals surface area (Å²) in [5, 5.41) is 2.68. The van der Waals surface area contributed by atoms with Crippen molar-refractivity contribution in [1.29, 1.82) is 0 Å². The fourth-order valence-electron chi connectivity index (χ4n) is 2.68. The molecule has 0 bridgehead atoms. The van der Waals surface area contributed by atoms with Crippen molar-refractivity contribution in [2.45, 2.75) is 39.5 Å². The number of thiocarbonyl (C=S) groups is 1. The van der Waals surface area contributed by atoms with Gasteiger partial charge in [0.2, 0.25) is 0 Å². The van der Waals surface area contributed by atoms with Gasteiger partial charge in [0, 0.05) is 0 Å². The molecule has 1 saturated heterocycles. The molecule has 2 rings (SSSR count). The minimum absolute atomic E-state index is 0.102. The quantitative estimate of drug-likeness (QED) is 0.391. The number of amides is 1. The van der Waals surface area contributed by atoms with Gasteiger partial charge in [-0.2, -0.15) is 0 Å². The fraction of sp³-hybridized carbons (Fsp3) is 0.421. The lowest BCUT2D eigenvalue weighted by atomic mass is 10.00. The Morgan fingerprint density at radius 2 is 2.00 bits per heavy atom. The lowest BCUT2D eigenvalue weighted by Crippen LogP contribution is -2.18. The Bertz CT molecular complexity index is 715. The van der Waals surface area contributed by atoms with E-state index in [9.17, 15) is 9.59 Å². The maximum absolute atomic E-state index is 12.1. The number of rotatable bonds is 9. The van der Waals surface area contributed by atoms with Crippen molar-refractivity contribution >= 4 is 40.2 Å². The van der Waals surface area contributed by atoms with Crippen LogP contribution >= 0.6 is 24.0 Å². The van der Waals surface area contributed by atoms with Crippen LogP contribution in [0.2, 0.25) is 0 Å². The van der Waals surface area contributed by atoms with Gasteiger partial charge in [0.25, 0.3) is 5.91 Å². The zero-order valence-electron chi connectivity index (χ0n) is 15.0. The summed E-state index contributed by atoms with van der Waals surface area (Å²) in [5.41, 5.74) is 2.10. The number of para-hydroxylation sites is 1. The highest BCUT2D eigenvalue weighted by atomic mass is 32.2. The summed E-state index contributed by atoms with van der Waals surface area (Å²) in [7, 11) is 0. The monoisotopic (exact) mass is 393 g/mol. The molecule has 0 unspecified atom stereocenters. The van der Waals surface area contributed by atoms with Crippen LogP contribution in [-0.4, -0.2) is 29.4 Å². The lowest BCUT2D eigenvalue weighted by molar-refractivity contribution is -0.145. The van der Waals surface area contributed by atoms with Crippen molar-refractivity contribution in [1.82, 2.24) is 5.32 Å². The standard InChI is InChI=1S/C19H23NO4S2/c1-3-7-14(17-18(22)20-19(25)26-17)11-10-13-8-5-6-9-15(13)24-12-16(21)23-4-2/h5-6,8-9H,3-4,7,10-12H2,1-2H3,(H,20,22,25)/b17-14+. The number of esters is 1. The third-order valence-electron chi connectivity index (χ3n) is 3.81. The summed E-state index contributed by atoms with van der Waals surface area (Å²) in [6.07, 6.45) is 3.27. The largest absolute Gasteiger partial charge is 0.482 e. The normalized spacial score (nSPS) is 15.6. The first-order chi connectivity index (χ1) is 12.5. The number of hydrogen-bond donors (Lipinski definition) is 1. The van der Waals surface area contributed by atoms with Gasteiger partial charge in [-0.25, -0.2) is 4.79 Å². The van der Waals surface area contributed by atoms with E-state index in [1.807, 2.05) is 24.3 Å². The summed E-state index contributed by atoms with van der Waals surface area (Å²) in [6, 6.07) is 7.62. The van der Waals surface area contributed by atoms with E-state index in [0.29, 0.717) is 16.7 Å². The molecule has 0 spiro atoms. The minimum Gasteiger partial charge on any atom is -0.482 e. The number of ether oxygens (including phenoxy) is 2. The van der Waals surface area contributed by atoms with Crippen LogP contribution in [0.25, 0.3) is 0 Å². The Kier molecular flexibility index (Phi) is 8.12. The van der Waals surface area contributed by atoms with E-state index in [1.165, 1.54) is 11.8 Å². The highest BCUT2D eigenvalue weighted by Crippen LogP contribution is 2.32. The zero-order chi connectivity index (χ0) is 18.9. The van der Waals surface area contributed by atoms with Crippen LogP contribution in [0.5, 0.6) is 5.75 Å².